The zero-order chi connectivity index (χ0) is 9.84. The van der Waals surface area contributed by atoms with E-state index in [1.54, 1.807) is 11.8 Å². The van der Waals surface area contributed by atoms with Crippen molar-refractivity contribution in [1.82, 2.24) is 4.90 Å². The van der Waals surface area contributed by atoms with Crippen LogP contribution in [0.25, 0.3) is 0 Å². The molecule has 2 nitrogen and oxygen atoms in total. The third kappa shape index (κ3) is 2.61. The summed E-state index contributed by atoms with van der Waals surface area (Å²) in [6.45, 7) is 7.24. The molecule has 1 aliphatic heterocycles. The number of thioether (sulfide) groups is 1. The van der Waals surface area contributed by atoms with E-state index in [4.69, 9.17) is 5.11 Å². The average Bonchev–Trinajstić information content (AvgIpc) is 2.04. The molecule has 1 N–H and O–H groups in total. The molecule has 1 aliphatic rings. The first kappa shape index (κ1) is 11.3. The van der Waals surface area contributed by atoms with Crippen LogP contribution >= 0.6 is 11.8 Å². The Hall–Kier alpha value is 0.270. The molecule has 2 unspecified atom stereocenters. The van der Waals surface area contributed by atoms with E-state index in [9.17, 15) is 0 Å². The SMILES string of the molecule is CCC1CN(C(C)C(CO)SC)C1. The second kappa shape index (κ2) is 5.23. The van der Waals surface area contributed by atoms with Crippen LogP contribution in [0.4, 0.5) is 0 Å². The van der Waals surface area contributed by atoms with Crippen molar-refractivity contribution < 1.29 is 5.11 Å². The average molecular weight is 203 g/mol. The summed E-state index contributed by atoms with van der Waals surface area (Å²) in [5, 5.41) is 9.53. The van der Waals surface area contributed by atoms with Crippen molar-refractivity contribution in [2.45, 2.75) is 31.6 Å². The van der Waals surface area contributed by atoms with Crippen LogP contribution in [0.15, 0.2) is 0 Å². The van der Waals surface area contributed by atoms with Crippen LogP contribution in [0.5, 0.6) is 0 Å². The van der Waals surface area contributed by atoms with Crippen LogP contribution < -0.4 is 0 Å². The van der Waals surface area contributed by atoms with Gasteiger partial charge in [-0.3, -0.25) is 4.90 Å². The van der Waals surface area contributed by atoms with E-state index in [0.29, 0.717) is 17.9 Å². The van der Waals surface area contributed by atoms with E-state index < -0.39 is 0 Å². The largest absolute Gasteiger partial charge is 0.395 e. The molecule has 0 aromatic carbocycles. The normalized spacial score (nSPS) is 24.0. The van der Waals surface area contributed by atoms with Gasteiger partial charge in [0.05, 0.1) is 6.61 Å². The summed E-state index contributed by atoms with van der Waals surface area (Å²) in [6.07, 6.45) is 3.38. The first-order valence-electron chi connectivity index (χ1n) is 5.10. The fourth-order valence-corrected chi connectivity index (χ4v) is 2.57. The van der Waals surface area contributed by atoms with E-state index in [1.807, 2.05) is 0 Å². The van der Waals surface area contributed by atoms with Crippen LogP contribution in [-0.2, 0) is 0 Å². The van der Waals surface area contributed by atoms with Gasteiger partial charge in [-0.25, -0.2) is 0 Å². The molecule has 1 fully saturated rings. The Morgan fingerprint density at radius 2 is 2.15 bits per heavy atom. The van der Waals surface area contributed by atoms with Crippen LogP contribution in [-0.4, -0.2) is 47.3 Å². The molecule has 78 valence electrons. The Balaban J connectivity index is 2.28. The summed E-state index contributed by atoms with van der Waals surface area (Å²) in [7, 11) is 0. The molecule has 2 atom stereocenters. The van der Waals surface area contributed by atoms with Crippen molar-refractivity contribution in [1.29, 1.82) is 0 Å². The molecule has 0 amide bonds. The van der Waals surface area contributed by atoms with Crippen molar-refractivity contribution in [3.8, 4) is 0 Å². The Bertz CT molecular complexity index is 144. The summed E-state index contributed by atoms with van der Waals surface area (Å²) in [6, 6.07) is 0.530. The summed E-state index contributed by atoms with van der Waals surface area (Å²) in [5.74, 6) is 0.906. The van der Waals surface area contributed by atoms with Gasteiger partial charge in [0.2, 0.25) is 0 Å². The molecule has 0 aromatic rings. The van der Waals surface area contributed by atoms with E-state index in [0.717, 1.165) is 5.92 Å². The number of hydrogen-bond acceptors (Lipinski definition) is 3. The van der Waals surface area contributed by atoms with E-state index in [2.05, 4.69) is 25.0 Å². The van der Waals surface area contributed by atoms with Gasteiger partial charge in [-0.05, 0) is 19.1 Å². The second-order valence-electron chi connectivity index (χ2n) is 3.93. The highest BCUT2D eigenvalue weighted by atomic mass is 32.2. The predicted molar refractivity (Wildman–Crippen MR) is 59.2 cm³/mol. The van der Waals surface area contributed by atoms with Gasteiger partial charge in [0.25, 0.3) is 0 Å². The maximum atomic E-state index is 9.14. The first-order valence-corrected chi connectivity index (χ1v) is 6.39. The minimum absolute atomic E-state index is 0.301. The Labute approximate surface area is 85.7 Å². The summed E-state index contributed by atoms with van der Waals surface area (Å²) in [4.78, 5) is 2.48. The van der Waals surface area contributed by atoms with E-state index in [-0.39, 0.29) is 0 Å². The quantitative estimate of drug-likeness (QED) is 0.731. The van der Waals surface area contributed by atoms with Gasteiger partial charge in [-0.2, -0.15) is 11.8 Å². The van der Waals surface area contributed by atoms with Gasteiger partial charge in [-0.15, -0.1) is 0 Å². The van der Waals surface area contributed by atoms with Crippen molar-refractivity contribution >= 4 is 11.8 Å². The Morgan fingerprint density at radius 1 is 1.54 bits per heavy atom. The Morgan fingerprint density at radius 3 is 2.54 bits per heavy atom. The number of nitrogens with zero attached hydrogens (tertiary/aromatic N) is 1. The minimum atomic E-state index is 0.301. The highest BCUT2D eigenvalue weighted by Gasteiger charge is 2.32. The summed E-state index contributed by atoms with van der Waals surface area (Å²) >= 11 is 1.77. The zero-order valence-corrected chi connectivity index (χ0v) is 9.68. The number of rotatable bonds is 5. The van der Waals surface area contributed by atoms with Crippen LogP contribution in [0.1, 0.15) is 20.3 Å². The molecule has 1 heterocycles. The molecule has 13 heavy (non-hydrogen) atoms. The highest BCUT2D eigenvalue weighted by Crippen LogP contribution is 2.25. The smallest absolute Gasteiger partial charge is 0.0565 e. The van der Waals surface area contributed by atoms with Crippen molar-refractivity contribution in [2.24, 2.45) is 5.92 Å². The second-order valence-corrected chi connectivity index (χ2v) is 5.00. The third-order valence-corrected chi connectivity index (χ3v) is 4.31. The van der Waals surface area contributed by atoms with Gasteiger partial charge in [0.15, 0.2) is 0 Å². The number of aliphatic hydroxyl groups excluding tert-OH is 1. The Kier molecular flexibility index (Phi) is 4.56. The lowest BCUT2D eigenvalue weighted by Gasteiger charge is -2.45. The van der Waals surface area contributed by atoms with Crippen LogP contribution in [0, 0.1) is 5.92 Å². The molecule has 0 spiro atoms. The number of hydrogen-bond donors (Lipinski definition) is 1. The zero-order valence-electron chi connectivity index (χ0n) is 8.86. The lowest BCUT2D eigenvalue weighted by Crippen LogP contribution is -2.54. The fraction of sp³-hybridized carbons (Fsp3) is 1.00. The fourth-order valence-electron chi connectivity index (χ4n) is 1.86. The number of likely N-dealkylation sites (tertiary alicyclic amines) is 1. The third-order valence-electron chi connectivity index (χ3n) is 3.16. The van der Waals surface area contributed by atoms with Gasteiger partial charge < -0.3 is 5.11 Å². The molecule has 0 radical (unpaired) electrons. The lowest BCUT2D eigenvalue weighted by atomic mass is 9.95. The molecule has 1 saturated heterocycles. The monoisotopic (exact) mass is 203 g/mol. The minimum Gasteiger partial charge on any atom is -0.395 e. The van der Waals surface area contributed by atoms with Crippen molar-refractivity contribution in [2.75, 3.05) is 26.0 Å². The maximum absolute atomic E-state index is 9.14. The lowest BCUT2D eigenvalue weighted by molar-refractivity contribution is 0.0499. The summed E-state index contributed by atoms with van der Waals surface area (Å²) < 4.78 is 0. The van der Waals surface area contributed by atoms with Crippen molar-refractivity contribution in [3.05, 3.63) is 0 Å². The standard InChI is InChI=1S/C10H21NOS/c1-4-9-5-11(6-9)8(2)10(7-12)13-3/h8-10,12H,4-7H2,1-3H3. The molecule has 0 saturated carbocycles. The molecule has 3 heteroatoms. The first-order chi connectivity index (χ1) is 6.22. The van der Waals surface area contributed by atoms with Gasteiger partial charge in [0, 0.05) is 24.4 Å². The molecule has 0 aromatic heterocycles. The van der Waals surface area contributed by atoms with Gasteiger partial charge >= 0.3 is 0 Å². The molecule has 0 aliphatic carbocycles. The molecular formula is C10H21NOS. The van der Waals surface area contributed by atoms with Gasteiger partial charge in [-0.1, -0.05) is 13.3 Å². The number of aliphatic hydroxyl groups is 1. The predicted octanol–water partition coefficient (Wildman–Crippen LogP) is 1.44. The van der Waals surface area contributed by atoms with Crippen LogP contribution in [0.2, 0.25) is 0 Å². The van der Waals surface area contributed by atoms with Crippen molar-refractivity contribution in [3.63, 3.8) is 0 Å². The van der Waals surface area contributed by atoms with Crippen LogP contribution in [0.3, 0.4) is 0 Å². The molecular weight excluding hydrogens is 182 g/mol. The highest BCUT2D eigenvalue weighted by molar-refractivity contribution is 7.99. The van der Waals surface area contributed by atoms with E-state index >= 15 is 0 Å². The molecule has 1 rings (SSSR count). The topological polar surface area (TPSA) is 23.5 Å². The maximum Gasteiger partial charge on any atom is 0.0565 e. The summed E-state index contributed by atoms with van der Waals surface area (Å²) in [5.41, 5.74) is 0. The van der Waals surface area contributed by atoms with Gasteiger partial charge in [0.1, 0.15) is 0 Å². The van der Waals surface area contributed by atoms with E-state index in [1.165, 1.54) is 19.5 Å². The molecule has 0 bridgehead atoms.